The van der Waals surface area contributed by atoms with Crippen molar-refractivity contribution in [2.75, 3.05) is 7.11 Å². The van der Waals surface area contributed by atoms with Crippen LogP contribution in [0.5, 0.6) is 11.5 Å². The first-order valence-electron chi connectivity index (χ1n) is 10.7. The molecule has 0 aliphatic carbocycles. The number of aliphatic carboxylic acids is 1. The first kappa shape index (κ1) is 24.3. The normalized spacial score (nSPS) is 11.8. The molecule has 0 spiro atoms. The number of ether oxygens (including phenoxy) is 2. The molecular formula is C27H27N3O4. The lowest BCUT2D eigenvalue weighted by atomic mass is 9.96. The number of nitrogens with one attached hydrogen (secondary N) is 2. The van der Waals surface area contributed by atoms with E-state index < -0.39 is 5.97 Å². The lowest BCUT2D eigenvalue weighted by Gasteiger charge is -2.12. The average Bonchev–Trinajstić information content (AvgIpc) is 2.83. The van der Waals surface area contributed by atoms with Gasteiger partial charge in [-0.2, -0.15) is 0 Å². The number of nitrogens with zero attached hydrogens (tertiary/aromatic N) is 1. The number of carboxylic acid groups (broad SMARTS) is 1. The van der Waals surface area contributed by atoms with Gasteiger partial charge in [0, 0.05) is 11.8 Å². The number of aryl methyl sites for hydroxylation is 1. The van der Waals surface area contributed by atoms with E-state index in [1.165, 1.54) is 0 Å². The second kappa shape index (κ2) is 11.5. The number of aromatic amines is 1. The number of pyridine rings is 1. The quantitative estimate of drug-likeness (QED) is 0.247. The highest BCUT2D eigenvalue weighted by Crippen LogP contribution is 2.27. The molecule has 0 aliphatic heterocycles. The summed E-state index contributed by atoms with van der Waals surface area (Å²) in [5.74, 6) is 5.91. The Labute approximate surface area is 198 Å². The van der Waals surface area contributed by atoms with E-state index >= 15 is 0 Å². The summed E-state index contributed by atoms with van der Waals surface area (Å²) >= 11 is 0. The number of hydrogen-bond donors (Lipinski definition) is 3. The van der Waals surface area contributed by atoms with Crippen molar-refractivity contribution in [2.24, 2.45) is 4.99 Å². The van der Waals surface area contributed by atoms with Crippen LogP contribution in [0.2, 0.25) is 0 Å². The standard InChI is InChI=1S/C27H27N3O4/c1-4-5-20(14-26(31)32)19-6-8-23(9-7-19)34-16-22-13-21(15-29-27(22)30-17-28)25-11-10-24(33-3)12-18(25)2/h6-13,15,17,20H,14,16H2,1-3H3,(H,31,32)(H2,28,29,30)/t20-/m0/s1. The fourth-order valence-corrected chi connectivity index (χ4v) is 3.63. The summed E-state index contributed by atoms with van der Waals surface area (Å²) < 4.78 is 11.3. The molecule has 2 aromatic carbocycles. The predicted molar refractivity (Wildman–Crippen MR) is 131 cm³/mol. The summed E-state index contributed by atoms with van der Waals surface area (Å²) in [4.78, 5) is 18.4. The van der Waals surface area contributed by atoms with Gasteiger partial charge >= 0.3 is 5.97 Å². The summed E-state index contributed by atoms with van der Waals surface area (Å²) in [5.41, 5.74) is 5.24. The highest BCUT2D eigenvalue weighted by Gasteiger charge is 2.13. The van der Waals surface area contributed by atoms with Crippen molar-refractivity contribution >= 4 is 12.3 Å². The summed E-state index contributed by atoms with van der Waals surface area (Å²) in [6, 6.07) is 15.1. The van der Waals surface area contributed by atoms with Gasteiger partial charge in [-0.25, -0.2) is 4.99 Å². The zero-order valence-corrected chi connectivity index (χ0v) is 19.4. The molecule has 3 rings (SSSR count). The maximum Gasteiger partial charge on any atom is 0.304 e. The fraction of sp³-hybridized carbons (Fsp3) is 0.222. The van der Waals surface area contributed by atoms with Gasteiger partial charge in [-0.1, -0.05) is 24.1 Å². The van der Waals surface area contributed by atoms with Crippen molar-refractivity contribution in [1.82, 2.24) is 4.98 Å². The number of rotatable bonds is 9. The van der Waals surface area contributed by atoms with Crippen LogP contribution in [0.4, 0.5) is 0 Å². The molecule has 0 amide bonds. The van der Waals surface area contributed by atoms with Crippen LogP contribution in [0.1, 0.15) is 36.0 Å². The molecule has 1 heterocycles. The highest BCUT2D eigenvalue weighted by atomic mass is 16.5. The second-order valence-corrected chi connectivity index (χ2v) is 7.60. The number of aromatic nitrogens is 1. The number of methoxy groups -OCH3 is 1. The molecule has 174 valence electrons. The number of carboxylic acids is 1. The van der Waals surface area contributed by atoms with Crippen LogP contribution in [-0.4, -0.2) is 29.5 Å². The van der Waals surface area contributed by atoms with Crippen molar-refractivity contribution in [2.45, 2.75) is 32.8 Å². The maximum absolute atomic E-state index is 11.1. The van der Waals surface area contributed by atoms with Gasteiger partial charge in [0.25, 0.3) is 0 Å². The molecule has 0 saturated carbocycles. The first-order valence-corrected chi connectivity index (χ1v) is 10.7. The van der Waals surface area contributed by atoms with Crippen molar-refractivity contribution < 1.29 is 19.4 Å². The maximum atomic E-state index is 11.1. The van der Waals surface area contributed by atoms with E-state index in [0.29, 0.717) is 11.2 Å². The van der Waals surface area contributed by atoms with Gasteiger partial charge in [0.05, 0.1) is 19.4 Å². The molecule has 7 heteroatoms. The van der Waals surface area contributed by atoms with Crippen LogP contribution >= 0.6 is 0 Å². The summed E-state index contributed by atoms with van der Waals surface area (Å²) in [7, 11) is 1.64. The van der Waals surface area contributed by atoms with Crippen LogP contribution < -0.4 is 15.0 Å². The van der Waals surface area contributed by atoms with Crippen molar-refractivity contribution in [1.29, 1.82) is 5.41 Å². The van der Waals surface area contributed by atoms with E-state index in [9.17, 15) is 4.79 Å². The van der Waals surface area contributed by atoms with Crippen molar-refractivity contribution in [3.8, 4) is 34.5 Å². The molecule has 0 aliphatic rings. The summed E-state index contributed by atoms with van der Waals surface area (Å²) in [5, 5.41) is 16.5. The minimum Gasteiger partial charge on any atom is -0.497 e. The van der Waals surface area contributed by atoms with E-state index in [4.69, 9.17) is 20.0 Å². The topological polar surface area (TPSA) is 108 Å². The zero-order chi connectivity index (χ0) is 24.5. The molecule has 0 unspecified atom stereocenters. The van der Waals surface area contributed by atoms with Crippen LogP contribution in [0.3, 0.4) is 0 Å². The first-order chi connectivity index (χ1) is 16.4. The van der Waals surface area contributed by atoms with Gasteiger partial charge < -0.3 is 19.6 Å². The summed E-state index contributed by atoms with van der Waals surface area (Å²) in [6.07, 6.45) is 2.79. The molecule has 0 saturated heterocycles. The Morgan fingerprint density at radius 2 is 1.94 bits per heavy atom. The van der Waals surface area contributed by atoms with Crippen LogP contribution in [-0.2, 0) is 11.4 Å². The molecule has 1 atom stereocenters. The Kier molecular flexibility index (Phi) is 8.25. The number of H-pyrrole nitrogens is 1. The van der Waals surface area contributed by atoms with Gasteiger partial charge in [-0.05, 0) is 66.4 Å². The van der Waals surface area contributed by atoms with Gasteiger partial charge in [0.15, 0.2) is 0 Å². The Balaban J connectivity index is 1.84. The van der Waals surface area contributed by atoms with Gasteiger partial charge in [0.1, 0.15) is 29.9 Å². The molecule has 3 N–H and O–H groups in total. The number of hydrogen-bond acceptors (Lipinski definition) is 4. The van der Waals surface area contributed by atoms with Crippen LogP contribution in [0.25, 0.3) is 11.1 Å². The third-order valence-corrected chi connectivity index (χ3v) is 5.31. The molecule has 34 heavy (non-hydrogen) atoms. The number of carbonyl (C=O) groups is 1. The molecule has 0 radical (unpaired) electrons. The minimum atomic E-state index is -0.890. The molecule has 1 aromatic heterocycles. The second-order valence-electron chi connectivity index (χ2n) is 7.60. The summed E-state index contributed by atoms with van der Waals surface area (Å²) in [6.45, 7) is 3.95. The Morgan fingerprint density at radius 1 is 1.21 bits per heavy atom. The number of benzene rings is 2. The Bertz CT molecular complexity index is 1300. The van der Waals surface area contributed by atoms with Gasteiger partial charge in [-0.15, -0.1) is 5.92 Å². The lowest BCUT2D eigenvalue weighted by Crippen LogP contribution is -2.17. The predicted octanol–water partition coefficient (Wildman–Crippen LogP) is 4.67. The SMILES string of the molecule is CC#C[C@@H](CC(=O)O)c1ccc(OCc2cc(-c3ccc(OC)cc3C)c[nH]/c2=N\C=N)cc1. The Morgan fingerprint density at radius 3 is 2.56 bits per heavy atom. The van der Waals surface area contributed by atoms with E-state index in [1.54, 1.807) is 26.2 Å². The van der Waals surface area contributed by atoms with Crippen LogP contribution in [0.15, 0.2) is 59.7 Å². The van der Waals surface area contributed by atoms with E-state index in [0.717, 1.165) is 39.9 Å². The largest absolute Gasteiger partial charge is 0.497 e. The van der Waals surface area contributed by atoms with E-state index in [-0.39, 0.29) is 18.9 Å². The van der Waals surface area contributed by atoms with E-state index in [2.05, 4.69) is 21.8 Å². The van der Waals surface area contributed by atoms with Crippen molar-refractivity contribution in [3.63, 3.8) is 0 Å². The average molecular weight is 458 g/mol. The molecule has 0 fully saturated rings. The molecule has 0 bridgehead atoms. The Hall–Kier alpha value is -4.31. The third-order valence-electron chi connectivity index (χ3n) is 5.31. The lowest BCUT2D eigenvalue weighted by molar-refractivity contribution is -0.137. The molecule has 3 aromatic rings. The minimum absolute atomic E-state index is 0.0526. The fourth-order valence-electron chi connectivity index (χ4n) is 3.63. The van der Waals surface area contributed by atoms with Gasteiger partial charge in [-0.3, -0.25) is 10.2 Å². The third kappa shape index (κ3) is 6.14. The smallest absolute Gasteiger partial charge is 0.304 e. The molecule has 7 nitrogen and oxygen atoms in total. The highest BCUT2D eigenvalue weighted by molar-refractivity contribution is 5.69. The van der Waals surface area contributed by atoms with Crippen molar-refractivity contribution in [3.05, 3.63) is 76.9 Å². The monoisotopic (exact) mass is 457 g/mol. The van der Waals surface area contributed by atoms with Gasteiger partial charge in [0.2, 0.25) is 0 Å². The molecular weight excluding hydrogens is 430 g/mol. The van der Waals surface area contributed by atoms with Crippen LogP contribution in [0, 0.1) is 24.2 Å². The zero-order valence-electron chi connectivity index (χ0n) is 19.4. The van der Waals surface area contributed by atoms with E-state index in [1.807, 2.05) is 49.5 Å².